The van der Waals surface area contributed by atoms with Gasteiger partial charge in [0.25, 0.3) is 0 Å². The van der Waals surface area contributed by atoms with Gasteiger partial charge < -0.3 is 20.4 Å². The van der Waals surface area contributed by atoms with E-state index in [1.54, 1.807) is 0 Å². The molecule has 125 valence electrons. The SMILES string of the molecule is O=C(O)CN(CCN(CC(=O)O)CC(=O)O)CC(=O)O.[Co].[KH]. The predicted octanol–water partition coefficient (Wildman–Crippen LogP) is -2.72. The standard InChI is InChI=1S/C10H16N2O8.Co.K.H/c13-7(14)3-11(4-8(15)16)1-2-12(5-9(17)18)6-10(19)20;;;/h1-6H2,(H,13,14)(H,15,16)(H,17,18)(H,19,20);;;. The van der Waals surface area contributed by atoms with E-state index < -0.39 is 50.1 Å². The van der Waals surface area contributed by atoms with E-state index in [2.05, 4.69) is 0 Å². The summed E-state index contributed by atoms with van der Waals surface area (Å²) in [6, 6.07) is 0. The van der Waals surface area contributed by atoms with Crippen LogP contribution < -0.4 is 0 Å². The van der Waals surface area contributed by atoms with Crippen molar-refractivity contribution in [3.05, 3.63) is 0 Å². The van der Waals surface area contributed by atoms with Gasteiger partial charge in [0.1, 0.15) is 0 Å². The molecule has 0 aromatic carbocycles. The number of carboxylic acid groups (broad SMARTS) is 4. The molecule has 0 saturated carbocycles. The van der Waals surface area contributed by atoms with Crippen molar-refractivity contribution in [2.45, 2.75) is 0 Å². The van der Waals surface area contributed by atoms with Crippen molar-refractivity contribution in [2.24, 2.45) is 0 Å². The fourth-order valence-electron chi connectivity index (χ4n) is 1.48. The Morgan fingerprint density at radius 3 is 0.909 bits per heavy atom. The van der Waals surface area contributed by atoms with Gasteiger partial charge in [0.05, 0.1) is 26.2 Å². The molecule has 0 aliphatic heterocycles. The minimum atomic E-state index is -1.23. The van der Waals surface area contributed by atoms with E-state index in [0.29, 0.717) is 0 Å². The Bertz CT molecular complexity index is 327. The van der Waals surface area contributed by atoms with E-state index >= 15 is 0 Å². The first-order valence-corrected chi connectivity index (χ1v) is 5.52. The molecule has 4 N–H and O–H groups in total. The summed E-state index contributed by atoms with van der Waals surface area (Å²) in [4.78, 5) is 44.4. The van der Waals surface area contributed by atoms with Crippen LogP contribution in [0.4, 0.5) is 0 Å². The third-order valence-electron chi connectivity index (χ3n) is 2.17. The van der Waals surface area contributed by atoms with E-state index in [9.17, 15) is 19.2 Å². The average Bonchev–Trinajstić information content (AvgIpc) is 2.22. The topological polar surface area (TPSA) is 156 Å². The van der Waals surface area contributed by atoms with Crippen LogP contribution in [0.2, 0.25) is 0 Å². The summed E-state index contributed by atoms with van der Waals surface area (Å²) in [5, 5.41) is 34.5. The number of hydrogen-bond donors (Lipinski definition) is 4. The molecule has 0 heterocycles. The van der Waals surface area contributed by atoms with Gasteiger partial charge in [0.2, 0.25) is 0 Å². The molecule has 12 heteroatoms. The normalized spacial score (nSPS) is 9.73. The van der Waals surface area contributed by atoms with Gasteiger partial charge >= 0.3 is 75.3 Å². The zero-order chi connectivity index (χ0) is 15.7. The van der Waals surface area contributed by atoms with Crippen LogP contribution in [0, 0.1) is 0 Å². The number of nitrogens with zero attached hydrogens (tertiary/aromatic N) is 2. The number of carboxylic acids is 4. The Balaban J connectivity index is -0.00000180. The number of aliphatic carboxylic acids is 4. The molecule has 0 atom stereocenters. The summed E-state index contributed by atoms with van der Waals surface area (Å²) in [6.45, 7) is -2.25. The van der Waals surface area contributed by atoms with Gasteiger partial charge in [0.15, 0.2) is 0 Å². The predicted molar refractivity (Wildman–Crippen MR) is 70.6 cm³/mol. The molecule has 0 fully saturated rings. The van der Waals surface area contributed by atoms with E-state index in [-0.39, 0.29) is 81.3 Å². The molecule has 0 amide bonds. The molecule has 0 bridgehead atoms. The van der Waals surface area contributed by atoms with Crippen LogP contribution in [0.15, 0.2) is 0 Å². The summed E-state index contributed by atoms with van der Waals surface area (Å²) < 4.78 is 0. The summed E-state index contributed by atoms with van der Waals surface area (Å²) in [6.07, 6.45) is 0. The minimum absolute atomic E-state index is 0. The van der Waals surface area contributed by atoms with Crippen molar-refractivity contribution in [2.75, 3.05) is 39.3 Å². The molecule has 0 aromatic heterocycles. The molecule has 0 unspecified atom stereocenters. The van der Waals surface area contributed by atoms with Gasteiger partial charge in [-0.3, -0.25) is 29.0 Å². The fourth-order valence-corrected chi connectivity index (χ4v) is 1.48. The van der Waals surface area contributed by atoms with E-state index in [1.807, 2.05) is 0 Å². The zero-order valence-corrected chi connectivity index (χ0v) is 11.9. The second-order valence-corrected chi connectivity index (χ2v) is 4.00. The van der Waals surface area contributed by atoms with Crippen LogP contribution >= 0.6 is 0 Å². The van der Waals surface area contributed by atoms with Gasteiger partial charge in [-0.15, -0.1) is 0 Å². The Kier molecular flexibility index (Phi) is 17.7. The van der Waals surface area contributed by atoms with Crippen LogP contribution in [-0.2, 0) is 36.0 Å². The van der Waals surface area contributed by atoms with Gasteiger partial charge in [-0.05, 0) is 0 Å². The van der Waals surface area contributed by atoms with Crippen LogP contribution in [0.5, 0.6) is 0 Å². The van der Waals surface area contributed by atoms with Crippen molar-refractivity contribution >= 4 is 75.3 Å². The van der Waals surface area contributed by atoms with Gasteiger partial charge in [-0.2, -0.15) is 0 Å². The molecular weight excluding hydrogens is 374 g/mol. The fraction of sp³-hybridized carbons (Fsp3) is 0.600. The molecule has 10 nitrogen and oxygen atoms in total. The average molecular weight is 391 g/mol. The van der Waals surface area contributed by atoms with Gasteiger partial charge in [0, 0.05) is 29.9 Å². The number of hydrogen-bond acceptors (Lipinski definition) is 6. The van der Waals surface area contributed by atoms with Crippen LogP contribution in [0.25, 0.3) is 0 Å². The maximum absolute atomic E-state index is 10.6. The Hall–Kier alpha value is -0.0571. The Morgan fingerprint density at radius 1 is 0.591 bits per heavy atom. The first-order valence-electron chi connectivity index (χ1n) is 5.52. The maximum atomic E-state index is 10.6. The van der Waals surface area contributed by atoms with Gasteiger partial charge in [-0.25, -0.2) is 0 Å². The molecule has 0 spiro atoms. The van der Waals surface area contributed by atoms with E-state index in [0.717, 1.165) is 9.80 Å². The molecule has 0 aliphatic carbocycles. The van der Waals surface area contributed by atoms with E-state index in [1.165, 1.54) is 0 Å². The van der Waals surface area contributed by atoms with Crippen molar-refractivity contribution in [1.29, 1.82) is 0 Å². The second kappa shape index (κ2) is 14.5. The van der Waals surface area contributed by atoms with Crippen molar-refractivity contribution < 1.29 is 56.4 Å². The molecule has 0 saturated heterocycles. The second-order valence-electron chi connectivity index (χ2n) is 4.00. The van der Waals surface area contributed by atoms with E-state index in [4.69, 9.17) is 20.4 Å². The first kappa shape index (κ1) is 26.8. The molecular formula is C10H17CoKN2O8. The van der Waals surface area contributed by atoms with Crippen molar-refractivity contribution in [1.82, 2.24) is 9.80 Å². The first-order chi connectivity index (χ1) is 9.20. The van der Waals surface area contributed by atoms with Crippen LogP contribution in [0.3, 0.4) is 0 Å². The molecule has 0 rings (SSSR count). The Labute approximate surface area is 179 Å². The quantitative estimate of drug-likeness (QED) is 0.273. The van der Waals surface area contributed by atoms with Crippen LogP contribution in [-0.4, -0.2) is 145 Å². The third kappa shape index (κ3) is 16.3. The van der Waals surface area contributed by atoms with Gasteiger partial charge in [-0.1, -0.05) is 0 Å². The van der Waals surface area contributed by atoms with Crippen LogP contribution in [0.1, 0.15) is 0 Å². The van der Waals surface area contributed by atoms with Crippen molar-refractivity contribution in [3.63, 3.8) is 0 Å². The molecule has 22 heavy (non-hydrogen) atoms. The summed E-state index contributed by atoms with van der Waals surface area (Å²) >= 11 is 0. The Morgan fingerprint density at radius 2 is 0.773 bits per heavy atom. The zero-order valence-electron chi connectivity index (χ0n) is 10.9. The summed E-state index contributed by atoms with van der Waals surface area (Å²) in [5.41, 5.74) is 0. The van der Waals surface area contributed by atoms with Crippen molar-refractivity contribution in [3.8, 4) is 0 Å². The summed E-state index contributed by atoms with van der Waals surface area (Å²) in [7, 11) is 0. The molecule has 0 aromatic rings. The molecule has 1 radical (unpaired) electrons. The molecule has 0 aliphatic rings. The number of rotatable bonds is 11. The summed E-state index contributed by atoms with van der Waals surface area (Å²) in [5.74, 6) is -4.91. The third-order valence-corrected chi connectivity index (χ3v) is 2.17. The monoisotopic (exact) mass is 391 g/mol. The number of carbonyl (C=O) groups is 4.